The second-order valence-corrected chi connectivity index (χ2v) is 15.0. The summed E-state index contributed by atoms with van der Waals surface area (Å²) in [5, 5.41) is 0. The molecule has 5 aliphatic rings. The highest BCUT2D eigenvalue weighted by molar-refractivity contribution is 5.66. The molecule has 9 atom stereocenters. The van der Waals surface area contributed by atoms with Crippen LogP contribution in [0.3, 0.4) is 0 Å². The second-order valence-electron chi connectivity index (χ2n) is 15.0. The van der Waals surface area contributed by atoms with Crippen molar-refractivity contribution < 1.29 is 14.3 Å². The van der Waals surface area contributed by atoms with Crippen LogP contribution in [0.15, 0.2) is 11.6 Å². The molecule has 0 unspecified atom stereocenters. The van der Waals surface area contributed by atoms with Crippen LogP contribution < -0.4 is 0 Å². The lowest BCUT2D eigenvalue weighted by molar-refractivity contribution is -0.168. The Morgan fingerprint density at radius 2 is 1.80 bits per heavy atom. The number of ether oxygens (including phenoxy) is 2. The Hall–Kier alpha value is -0.830. The predicted molar refractivity (Wildman–Crippen MR) is 142 cm³/mol. The van der Waals surface area contributed by atoms with Gasteiger partial charge in [0.2, 0.25) is 0 Å². The summed E-state index contributed by atoms with van der Waals surface area (Å²) >= 11 is 0. The van der Waals surface area contributed by atoms with E-state index in [2.05, 4.69) is 61.5 Å². The normalized spacial score (nSPS) is 48.2. The lowest BCUT2D eigenvalue weighted by atomic mass is 9.41. The van der Waals surface area contributed by atoms with Gasteiger partial charge in [0.15, 0.2) is 0 Å². The quantitative estimate of drug-likeness (QED) is 0.217. The van der Waals surface area contributed by atoms with Crippen LogP contribution in [0, 0.1) is 45.3 Å². The Bertz CT molecular complexity index is 902. The molecular weight excluding hydrogens is 432 g/mol. The molecule has 1 spiro atoms. The summed E-state index contributed by atoms with van der Waals surface area (Å²) in [5.41, 5.74) is 2.21. The summed E-state index contributed by atoms with van der Waals surface area (Å²) in [5.74, 6) is 2.73. The molecule has 0 radical (unpaired) electrons. The summed E-state index contributed by atoms with van der Waals surface area (Å²) in [6, 6.07) is 0. The average molecular weight is 485 g/mol. The third-order valence-corrected chi connectivity index (χ3v) is 12.6. The first-order valence-electron chi connectivity index (χ1n) is 14.8. The zero-order valence-electron chi connectivity index (χ0n) is 24.1. The number of hydrogen-bond donors (Lipinski definition) is 0. The Balaban J connectivity index is 1.45. The predicted octanol–water partition coefficient (Wildman–Crippen LogP) is 8.12. The average Bonchev–Trinajstić information content (AvgIpc) is 3.40. The molecule has 3 nitrogen and oxygen atoms in total. The Morgan fingerprint density at radius 3 is 2.46 bits per heavy atom. The fraction of sp³-hybridized carbons (Fsp3) is 0.906. The minimum atomic E-state index is -0.140. The van der Waals surface area contributed by atoms with Crippen molar-refractivity contribution in [3.63, 3.8) is 0 Å². The number of esters is 1. The third kappa shape index (κ3) is 3.34. The number of carbonyl (C=O) groups is 1. The smallest absolute Gasteiger partial charge is 0.302 e. The van der Waals surface area contributed by atoms with Crippen LogP contribution in [-0.4, -0.2) is 23.8 Å². The van der Waals surface area contributed by atoms with Gasteiger partial charge >= 0.3 is 5.97 Å². The molecule has 0 aromatic heterocycles. The Kier molecular flexibility index (Phi) is 5.96. The molecule has 3 heteroatoms. The number of allylic oxidation sites excluding steroid dienone is 1. The first kappa shape index (κ1) is 25.8. The number of epoxide rings is 1. The summed E-state index contributed by atoms with van der Waals surface area (Å²) in [6.07, 6.45) is 14.1. The zero-order chi connectivity index (χ0) is 25.6. The molecule has 4 aliphatic carbocycles. The monoisotopic (exact) mass is 484 g/mol. The van der Waals surface area contributed by atoms with Crippen molar-refractivity contribution in [1.29, 1.82) is 0 Å². The minimum absolute atomic E-state index is 0.0110. The lowest BCUT2D eigenvalue weighted by Gasteiger charge is -2.62. The fourth-order valence-corrected chi connectivity index (χ4v) is 10.5. The van der Waals surface area contributed by atoms with Gasteiger partial charge in [0.1, 0.15) is 11.7 Å². The van der Waals surface area contributed by atoms with E-state index >= 15 is 0 Å². The van der Waals surface area contributed by atoms with Gasteiger partial charge in [0.25, 0.3) is 0 Å². The molecule has 1 heterocycles. The summed E-state index contributed by atoms with van der Waals surface area (Å²) < 4.78 is 12.9. The minimum Gasteiger partial charge on any atom is -0.462 e. The van der Waals surface area contributed by atoms with Crippen LogP contribution in [0.5, 0.6) is 0 Å². The molecule has 0 amide bonds. The molecule has 1 saturated heterocycles. The molecule has 4 fully saturated rings. The van der Waals surface area contributed by atoms with E-state index in [0.29, 0.717) is 17.4 Å². The van der Waals surface area contributed by atoms with Crippen molar-refractivity contribution in [1.82, 2.24) is 0 Å². The Labute approximate surface area is 215 Å². The van der Waals surface area contributed by atoms with E-state index in [4.69, 9.17) is 9.47 Å². The van der Waals surface area contributed by atoms with Crippen LogP contribution in [-0.2, 0) is 14.3 Å². The van der Waals surface area contributed by atoms with Gasteiger partial charge in [-0.15, -0.1) is 0 Å². The molecule has 0 aromatic carbocycles. The molecule has 0 bridgehead atoms. The van der Waals surface area contributed by atoms with Crippen LogP contribution in [0.1, 0.15) is 120 Å². The third-order valence-electron chi connectivity index (χ3n) is 12.6. The van der Waals surface area contributed by atoms with E-state index < -0.39 is 0 Å². The van der Waals surface area contributed by atoms with Gasteiger partial charge in [0.05, 0.1) is 6.10 Å². The van der Waals surface area contributed by atoms with E-state index in [-0.39, 0.29) is 33.9 Å². The first-order valence-corrected chi connectivity index (χ1v) is 14.8. The molecule has 0 N–H and O–H groups in total. The summed E-state index contributed by atoms with van der Waals surface area (Å²) in [4.78, 5) is 11.9. The molecule has 35 heavy (non-hydrogen) atoms. The maximum absolute atomic E-state index is 11.9. The second kappa shape index (κ2) is 8.08. The van der Waals surface area contributed by atoms with Crippen molar-refractivity contribution >= 4 is 5.97 Å². The van der Waals surface area contributed by atoms with Crippen LogP contribution in [0.25, 0.3) is 0 Å². The van der Waals surface area contributed by atoms with Gasteiger partial charge in [-0.05, 0) is 78.6 Å². The van der Waals surface area contributed by atoms with Gasteiger partial charge in [-0.25, -0.2) is 0 Å². The van der Waals surface area contributed by atoms with Crippen molar-refractivity contribution in [3.05, 3.63) is 11.6 Å². The summed E-state index contributed by atoms with van der Waals surface area (Å²) in [7, 11) is 0. The summed E-state index contributed by atoms with van der Waals surface area (Å²) in [6.45, 7) is 21.3. The van der Waals surface area contributed by atoms with Gasteiger partial charge in [0, 0.05) is 17.8 Å². The molecule has 1 aliphatic heterocycles. The van der Waals surface area contributed by atoms with Crippen molar-refractivity contribution in [2.45, 2.75) is 138 Å². The SMILES string of the molecule is CC(=O)O[C@H]1CC[C@]2(C)C3=CC[C@]4(C)[C@@H]([C@H](C)CCCC(C)C)CC[C@@]4(C)[C@@]34O[C@H]4C[C@H]2C1(C)C. The van der Waals surface area contributed by atoms with E-state index in [9.17, 15) is 4.79 Å². The lowest BCUT2D eigenvalue weighted by Crippen LogP contribution is -2.62. The highest BCUT2D eigenvalue weighted by atomic mass is 16.6. The van der Waals surface area contributed by atoms with E-state index in [1.165, 1.54) is 38.5 Å². The van der Waals surface area contributed by atoms with E-state index in [0.717, 1.165) is 37.0 Å². The number of rotatable bonds is 6. The first-order chi connectivity index (χ1) is 16.2. The van der Waals surface area contributed by atoms with Gasteiger partial charge in [-0.3, -0.25) is 4.79 Å². The van der Waals surface area contributed by atoms with Gasteiger partial charge < -0.3 is 9.47 Å². The molecule has 0 aromatic rings. The fourth-order valence-electron chi connectivity index (χ4n) is 10.5. The van der Waals surface area contributed by atoms with E-state index in [1.807, 2.05) is 0 Å². The van der Waals surface area contributed by atoms with Crippen LogP contribution in [0.2, 0.25) is 0 Å². The van der Waals surface area contributed by atoms with Crippen molar-refractivity contribution in [2.75, 3.05) is 0 Å². The van der Waals surface area contributed by atoms with Crippen molar-refractivity contribution in [3.8, 4) is 0 Å². The largest absolute Gasteiger partial charge is 0.462 e. The Morgan fingerprint density at radius 1 is 1.09 bits per heavy atom. The van der Waals surface area contributed by atoms with Crippen molar-refractivity contribution in [2.24, 2.45) is 45.3 Å². The van der Waals surface area contributed by atoms with Crippen LogP contribution >= 0.6 is 0 Å². The molecule has 3 saturated carbocycles. The highest BCUT2D eigenvalue weighted by Crippen LogP contribution is 2.80. The number of hydrogen-bond acceptors (Lipinski definition) is 3. The maximum Gasteiger partial charge on any atom is 0.302 e. The zero-order valence-corrected chi connectivity index (χ0v) is 24.1. The number of fused-ring (bicyclic) bond motifs is 3. The van der Waals surface area contributed by atoms with Gasteiger partial charge in [-0.1, -0.05) is 80.7 Å². The van der Waals surface area contributed by atoms with E-state index in [1.54, 1.807) is 12.5 Å². The number of carbonyl (C=O) groups excluding carboxylic acids is 1. The molecule has 5 rings (SSSR count). The topological polar surface area (TPSA) is 38.8 Å². The molecular formula is C32H52O3. The van der Waals surface area contributed by atoms with Crippen LogP contribution in [0.4, 0.5) is 0 Å². The standard InChI is InChI=1S/C32H52O3/c1-20(2)11-10-12-21(3)23-13-18-31(9)30(23,8)17-14-24-29(7)16-15-26(34-22(4)33)28(5,6)25(29)19-27-32(24,31)35-27/h14,20-21,23,25-27H,10-13,15-19H2,1-9H3/t21-,23-,25+,26+,27+,29-,30-,31-,32-/m1/s1. The molecule has 198 valence electrons. The van der Waals surface area contributed by atoms with Gasteiger partial charge in [-0.2, -0.15) is 0 Å². The highest BCUT2D eigenvalue weighted by Gasteiger charge is 2.81. The maximum atomic E-state index is 11.9.